The van der Waals surface area contributed by atoms with Crippen LogP contribution < -0.4 is 0 Å². The minimum absolute atomic E-state index is 0.0223. The first-order valence-corrected chi connectivity index (χ1v) is 6.19. The van der Waals surface area contributed by atoms with Crippen LogP contribution in [-0.2, 0) is 4.79 Å². The Bertz CT molecular complexity index is 375. The molecule has 0 atom stereocenters. The minimum atomic E-state index is -0.804. The van der Waals surface area contributed by atoms with Crippen LogP contribution in [0.3, 0.4) is 0 Å². The van der Waals surface area contributed by atoms with Gasteiger partial charge in [-0.3, -0.25) is 9.59 Å². The molecule has 0 radical (unpaired) electrons. The molecule has 1 rings (SSSR count). The van der Waals surface area contributed by atoms with Gasteiger partial charge in [-0.05, 0) is 12.1 Å². The number of alkyl halides is 1. The first kappa shape index (κ1) is 13.1. The van der Waals surface area contributed by atoms with Gasteiger partial charge in [0.1, 0.15) is 0 Å². The van der Waals surface area contributed by atoms with Crippen molar-refractivity contribution in [1.29, 1.82) is 0 Å². The van der Waals surface area contributed by atoms with E-state index < -0.39 is 5.97 Å². The molecule has 0 saturated heterocycles. The molecular formula is C11H11ClO3S. The molecule has 0 aromatic heterocycles. The van der Waals surface area contributed by atoms with Crippen LogP contribution in [0, 0.1) is 0 Å². The second kappa shape index (κ2) is 6.55. The summed E-state index contributed by atoms with van der Waals surface area (Å²) in [5, 5.41) is 8.47. The molecule has 1 aromatic rings. The van der Waals surface area contributed by atoms with Crippen LogP contribution in [0.4, 0.5) is 0 Å². The number of hydrogen-bond donors (Lipinski definition) is 1. The van der Waals surface area contributed by atoms with Crippen LogP contribution in [-0.4, -0.2) is 28.5 Å². The number of rotatable bonds is 6. The molecule has 1 N–H and O–H groups in total. The van der Waals surface area contributed by atoms with Crippen LogP contribution in [0.15, 0.2) is 29.2 Å². The first-order chi connectivity index (χ1) is 7.63. The number of benzene rings is 1. The zero-order chi connectivity index (χ0) is 12.0. The Hall–Kier alpha value is -1.00. The van der Waals surface area contributed by atoms with E-state index in [1.54, 1.807) is 24.3 Å². The summed E-state index contributed by atoms with van der Waals surface area (Å²) < 4.78 is 0. The Labute approximate surface area is 103 Å². The summed E-state index contributed by atoms with van der Waals surface area (Å²) in [6.07, 6.45) is 0.132. The van der Waals surface area contributed by atoms with E-state index in [1.165, 1.54) is 11.8 Å². The predicted octanol–water partition coefficient (Wildman–Crippen LogP) is 2.67. The fraction of sp³-hybridized carbons (Fsp3) is 0.273. The Morgan fingerprint density at radius 1 is 1.25 bits per heavy atom. The van der Waals surface area contributed by atoms with Crippen LogP contribution in [0.2, 0.25) is 0 Å². The van der Waals surface area contributed by atoms with Gasteiger partial charge >= 0.3 is 5.97 Å². The molecule has 86 valence electrons. The summed E-state index contributed by atoms with van der Waals surface area (Å²) in [4.78, 5) is 22.5. The van der Waals surface area contributed by atoms with Gasteiger partial charge in [-0.15, -0.1) is 23.4 Å². The molecule has 0 bridgehead atoms. The summed E-state index contributed by atoms with van der Waals surface area (Å²) in [7, 11) is 0. The quantitative estimate of drug-likeness (QED) is 0.484. The summed E-state index contributed by atoms with van der Waals surface area (Å²) in [5.41, 5.74) is 0.581. The number of aliphatic carboxylic acids is 1. The van der Waals surface area contributed by atoms with Gasteiger partial charge in [0.25, 0.3) is 0 Å². The fourth-order valence-electron chi connectivity index (χ4n) is 1.07. The molecule has 0 unspecified atom stereocenters. The van der Waals surface area contributed by atoms with E-state index in [2.05, 4.69) is 0 Å². The summed E-state index contributed by atoms with van der Waals surface area (Å²) in [6.45, 7) is 0. The summed E-state index contributed by atoms with van der Waals surface area (Å²) in [5.74, 6) is -0.408. The number of carbonyl (C=O) groups is 2. The molecule has 0 aliphatic carbocycles. The maximum atomic E-state index is 11.2. The molecule has 0 heterocycles. The Kier molecular flexibility index (Phi) is 5.35. The molecule has 1 aromatic carbocycles. The smallest absolute Gasteiger partial charge is 0.304 e. The van der Waals surface area contributed by atoms with Crippen molar-refractivity contribution < 1.29 is 14.7 Å². The number of carbonyl (C=O) groups excluding carboxylic acids is 1. The summed E-state index contributed by atoms with van der Waals surface area (Å²) >= 11 is 6.88. The maximum absolute atomic E-state index is 11.2. The van der Waals surface area contributed by atoms with Gasteiger partial charge in [-0.2, -0.15) is 0 Å². The van der Waals surface area contributed by atoms with Crippen LogP contribution in [0.25, 0.3) is 0 Å². The minimum Gasteiger partial charge on any atom is -0.481 e. The molecule has 0 aliphatic heterocycles. The standard InChI is InChI=1S/C11H11ClO3S/c12-7-10(13)8-1-3-9(4-2-8)16-6-5-11(14)15/h1-4H,5-7H2,(H,14,15). The Morgan fingerprint density at radius 2 is 1.88 bits per heavy atom. The predicted molar refractivity (Wildman–Crippen MR) is 64.5 cm³/mol. The molecule has 16 heavy (non-hydrogen) atoms. The molecular weight excluding hydrogens is 248 g/mol. The molecule has 0 aliphatic rings. The first-order valence-electron chi connectivity index (χ1n) is 4.67. The number of carboxylic acids is 1. The van der Waals surface area contributed by atoms with Crippen molar-refractivity contribution in [1.82, 2.24) is 0 Å². The monoisotopic (exact) mass is 258 g/mol. The zero-order valence-electron chi connectivity index (χ0n) is 8.48. The van der Waals surface area contributed by atoms with E-state index in [0.717, 1.165) is 4.90 Å². The van der Waals surface area contributed by atoms with Crippen molar-refractivity contribution in [3.63, 3.8) is 0 Å². The summed E-state index contributed by atoms with van der Waals surface area (Å²) in [6, 6.07) is 7.00. The number of halogens is 1. The van der Waals surface area contributed by atoms with Crippen LogP contribution in [0.5, 0.6) is 0 Å². The highest BCUT2D eigenvalue weighted by atomic mass is 35.5. The third-order valence-electron chi connectivity index (χ3n) is 1.88. The van der Waals surface area contributed by atoms with E-state index in [1.807, 2.05) is 0 Å². The van der Waals surface area contributed by atoms with Gasteiger partial charge in [-0.25, -0.2) is 0 Å². The van der Waals surface area contributed by atoms with Crippen molar-refractivity contribution in [2.24, 2.45) is 0 Å². The second-order valence-electron chi connectivity index (χ2n) is 3.07. The van der Waals surface area contributed by atoms with Gasteiger partial charge in [-0.1, -0.05) is 12.1 Å². The van der Waals surface area contributed by atoms with Gasteiger partial charge in [0.05, 0.1) is 12.3 Å². The molecule has 0 spiro atoms. The number of Topliss-reactive ketones (excluding diaryl/α,β-unsaturated/α-hetero) is 1. The van der Waals surface area contributed by atoms with Gasteiger partial charge in [0, 0.05) is 16.2 Å². The molecule has 0 fully saturated rings. The van der Waals surface area contributed by atoms with Crippen molar-refractivity contribution >= 4 is 35.1 Å². The molecule has 0 saturated carbocycles. The second-order valence-corrected chi connectivity index (χ2v) is 4.51. The molecule has 0 amide bonds. The zero-order valence-corrected chi connectivity index (χ0v) is 10.1. The van der Waals surface area contributed by atoms with Crippen molar-refractivity contribution in [2.75, 3.05) is 11.6 Å². The third-order valence-corrected chi connectivity index (χ3v) is 3.14. The van der Waals surface area contributed by atoms with Gasteiger partial charge < -0.3 is 5.11 Å². The SMILES string of the molecule is O=C(O)CCSc1ccc(C(=O)CCl)cc1. The van der Waals surface area contributed by atoms with Crippen molar-refractivity contribution in [2.45, 2.75) is 11.3 Å². The number of ketones is 1. The van der Waals surface area contributed by atoms with Gasteiger partial charge in [0.15, 0.2) is 5.78 Å². The lowest BCUT2D eigenvalue weighted by Gasteiger charge is -2.01. The van der Waals surface area contributed by atoms with E-state index in [0.29, 0.717) is 11.3 Å². The highest BCUT2D eigenvalue weighted by molar-refractivity contribution is 7.99. The lowest BCUT2D eigenvalue weighted by molar-refractivity contribution is -0.136. The molecule has 5 heteroatoms. The Morgan fingerprint density at radius 3 is 2.38 bits per heavy atom. The van der Waals surface area contributed by atoms with Crippen LogP contribution >= 0.6 is 23.4 Å². The van der Waals surface area contributed by atoms with E-state index in [4.69, 9.17) is 16.7 Å². The van der Waals surface area contributed by atoms with E-state index in [9.17, 15) is 9.59 Å². The van der Waals surface area contributed by atoms with Crippen molar-refractivity contribution in [3.8, 4) is 0 Å². The largest absolute Gasteiger partial charge is 0.481 e. The highest BCUT2D eigenvalue weighted by Gasteiger charge is 2.04. The van der Waals surface area contributed by atoms with Crippen LogP contribution in [0.1, 0.15) is 16.8 Å². The van der Waals surface area contributed by atoms with Crippen molar-refractivity contribution in [3.05, 3.63) is 29.8 Å². The third kappa shape index (κ3) is 4.24. The lowest BCUT2D eigenvalue weighted by Crippen LogP contribution is -1.99. The van der Waals surface area contributed by atoms with Gasteiger partial charge in [0.2, 0.25) is 0 Å². The van der Waals surface area contributed by atoms with E-state index >= 15 is 0 Å². The topological polar surface area (TPSA) is 54.4 Å². The highest BCUT2D eigenvalue weighted by Crippen LogP contribution is 2.19. The number of thioether (sulfide) groups is 1. The fourth-order valence-corrected chi connectivity index (χ4v) is 2.07. The number of carboxylic acid groups (broad SMARTS) is 1. The average molecular weight is 259 g/mol. The maximum Gasteiger partial charge on any atom is 0.304 e. The Balaban J connectivity index is 2.51. The normalized spacial score (nSPS) is 10.1. The lowest BCUT2D eigenvalue weighted by atomic mass is 10.1. The average Bonchev–Trinajstić information content (AvgIpc) is 2.28. The molecule has 3 nitrogen and oxygen atoms in total. The van der Waals surface area contributed by atoms with E-state index in [-0.39, 0.29) is 18.1 Å². The number of hydrogen-bond acceptors (Lipinski definition) is 3.